The topological polar surface area (TPSA) is 81.5 Å². The molecule has 0 aliphatic rings. The van der Waals surface area contributed by atoms with Crippen LogP contribution in [-0.2, 0) is 17.4 Å². The van der Waals surface area contributed by atoms with E-state index in [0.29, 0.717) is 5.69 Å². The third-order valence-electron chi connectivity index (χ3n) is 4.42. The highest BCUT2D eigenvalue weighted by Gasteiger charge is 2.31. The normalized spacial score (nSPS) is 11.2. The van der Waals surface area contributed by atoms with Gasteiger partial charge in [0.25, 0.3) is 5.69 Å². The summed E-state index contributed by atoms with van der Waals surface area (Å²) in [5, 5.41) is 13.7. The lowest BCUT2D eigenvalue weighted by atomic mass is 10.1. The van der Waals surface area contributed by atoms with E-state index in [1.807, 2.05) is 6.92 Å². The molecule has 0 atom stereocenters. The van der Waals surface area contributed by atoms with Crippen LogP contribution in [-0.4, -0.2) is 10.8 Å². The van der Waals surface area contributed by atoms with E-state index in [1.165, 1.54) is 12.1 Å². The molecule has 0 spiro atoms. The summed E-state index contributed by atoms with van der Waals surface area (Å²) in [6.45, 7) is 1.89. The minimum Gasteiger partial charge on any atom is -0.456 e. The molecular weight excluding hydrogens is 449 g/mol. The lowest BCUT2D eigenvalue weighted by Gasteiger charge is -2.12. The van der Waals surface area contributed by atoms with Crippen molar-refractivity contribution < 1.29 is 27.6 Å². The number of ether oxygens (including phenoxy) is 1. The summed E-state index contributed by atoms with van der Waals surface area (Å²) >= 11 is 5.90. The minimum atomic E-state index is -4.56. The average Bonchev–Trinajstić information content (AvgIpc) is 2.70. The smallest absolute Gasteiger partial charge is 0.416 e. The first-order valence-corrected chi connectivity index (χ1v) is 9.59. The summed E-state index contributed by atoms with van der Waals surface area (Å²) in [4.78, 5) is 23.1. The molecule has 0 aliphatic carbocycles. The number of aryl methyl sites for hydroxylation is 1. The quantitative estimate of drug-likeness (QED) is 0.331. The molecule has 0 aromatic heterocycles. The molecule has 1 N–H and O–H groups in total. The van der Waals surface area contributed by atoms with Crippen LogP contribution in [0.5, 0.6) is 11.5 Å². The van der Waals surface area contributed by atoms with Crippen LogP contribution in [0.25, 0.3) is 0 Å². The molecule has 166 valence electrons. The van der Waals surface area contributed by atoms with E-state index < -0.39 is 22.6 Å². The maximum Gasteiger partial charge on any atom is 0.416 e. The molecule has 0 radical (unpaired) electrons. The summed E-state index contributed by atoms with van der Waals surface area (Å²) < 4.78 is 43.9. The van der Waals surface area contributed by atoms with Crippen molar-refractivity contribution in [2.75, 3.05) is 5.32 Å². The van der Waals surface area contributed by atoms with Crippen LogP contribution < -0.4 is 10.1 Å². The number of nitro groups is 1. The summed E-state index contributed by atoms with van der Waals surface area (Å²) in [5.41, 5.74) is 0.375. The highest BCUT2D eigenvalue weighted by molar-refractivity contribution is 6.32. The molecule has 0 fully saturated rings. The van der Waals surface area contributed by atoms with E-state index in [2.05, 4.69) is 5.32 Å². The number of halogens is 4. The second kappa shape index (κ2) is 9.27. The zero-order chi connectivity index (χ0) is 23.5. The van der Waals surface area contributed by atoms with E-state index in [0.717, 1.165) is 29.8 Å². The van der Waals surface area contributed by atoms with Crippen molar-refractivity contribution >= 4 is 28.9 Å². The van der Waals surface area contributed by atoms with Crippen molar-refractivity contribution in [2.24, 2.45) is 0 Å². The van der Waals surface area contributed by atoms with Gasteiger partial charge in [-0.25, -0.2) is 0 Å². The Morgan fingerprint density at radius 3 is 2.38 bits per heavy atom. The van der Waals surface area contributed by atoms with E-state index >= 15 is 0 Å². The number of nitrogens with one attached hydrogen (secondary N) is 1. The predicted octanol–water partition coefficient (Wildman–Crippen LogP) is 6.55. The molecule has 0 aliphatic heterocycles. The zero-order valence-electron chi connectivity index (χ0n) is 16.6. The van der Waals surface area contributed by atoms with Gasteiger partial charge in [-0.15, -0.1) is 0 Å². The number of carbonyl (C=O) groups excluding carboxylic acids is 1. The fourth-order valence-electron chi connectivity index (χ4n) is 2.85. The molecule has 0 saturated heterocycles. The number of alkyl halides is 3. The van der Waals surface area contributed by atoms with Gasteiger partial charge in [0.1, 0.15) is 11.5 Å². The maximum atomic E-state index is 12.8. The number of benzene rings is 3. The molecule has 0 bridgehead atoms. The van der Waals surface area contributed by atoms with E-state index in [1.54, 1.807) is 24.3 Å². The lowest BCUT2D eigenvalue weighted by Crippen LogP contribution is -2.15. The first kappa shape index (κ1) is 23.1. The second-order valence-electron chi connectivity index (χ2n) is 6.88. The van der Waals surface area contributed by atoms with Crippen molar-refractivity contribution in [1.82, 2.24) is 0 Å². The number of nitro benzene ring substituents is 1. The van der Waals surface area contributed by atoms with E-state index in [4.69, 9.17) is 16.3 Å². The van der Waals surface area contributed by atoms with E-state index in [9.17, 15) is 28.1 Å². The monoisotopic (exact) mass is 464 g/mol. The molecule has 32 heavy (non-hydrogen) atoms. The molecule has 0 heterocycles. The largest absolute Gasteiger partial charge is 0.456 e. The molecule has 0 unspecified atom stereocenters. The molecule has 6 nitrogen and oxygen atoms in total. The highest BCUT2D eigenvalue weighted by Crippen LogP contribution is 2.37. The molecule has 3 rings (SSSR count). The standard InChI is InChI=1S/C22H16ClF3N2O4/c1-13-2-5-16(6-3-13)27-21(29)11-14-10-17(7-8-19(14)28(30)31)32-20-9-4-15(12-18(20)23)22(24,25)26/h2-10,12H,11H2,1H3,(H,27,29). The van der Waals surface area contributed by atoms with Crippen LogP contribution >= 0.6 is 11.6 Å². The van der Waals surface area contributed by atoms with Gasteiger partial charge in [-0.05, 0) is 49.4 Å². The predicted molar refractivity (Wildman–Crippen MR) is 113 cm³/mol. The fraction of sp³-hybridized carbons (Fsp3) is 0.136. The lowest BCUT2D eigenvalue weighted by molar-refractivity contribution is -0.385. The third-order valence-corrected chi connectivity index (χ3v) is 4.72. The SMILES string of the molecule is Cc1ccc(NC(=O)Cc2cc(Oc3ccc(C(F)(F)F)cc3Cl)ccc2[N+](=O)[O-])cc1. The Hall–Kier alpha value is -3.59. The number of anilines is 1. The Bertz CT molecular complexity index is 1160. The van der Waals surface area contributed by atoms with Crippen LogP contribution in [0.3, 0.4) is 0 Å². The maximum absolute atomic E-state index is 12.8. The van der Waals surface area contributed by atoms with Gasteiger partial charge in [0.05, 0.1) is 21.9 Å². The number of nitrogens with zero attached hydrogens (tertiary/aromatic N) is 1. The zero-order valence-corrected chi connectivity index (χ0v) is 17.3. The van der Waals surface area contributed by atoms with Crippen LogP contribution in [0, 0.1) is 17.0 Å². The number of carbonyl (C=O) groups is 1. The Balaban J connectivity index is 1.82. The Morgan fingerprint density at radius 1 is 1.09 bits per heavy atom. The fourth-order valence-corrected chi connectivity index (χ4v) is 3.07. The summed E-state index contributed by atoms with van der Waals surface area (Å²) in [7, 11) is 0. The number of hydrogen-bond acceptors (Lipinski definition) is 4. The number of hydrogen-bond donors (Lipinski definition) is 1. The minimum absolute atomic E-state index is 0.0661. The van der Waals surface area contributed by atoms with Gasteiger partial charge < -0.3 is 10.1 Å². The highest BCUT2D eigenvalue weighted by atomic mass is 35.5. The van der Waals surface area contributed by atoms with E-state index in [-0.39, 0.29) is 34.2 Å². The van der Waals surface area contributed by atoms with Gasteiger partial charge in [-0.2, -0.15) is 13.2 Å². The molecule has 3 aromatic rings. The van der Waals surface area contributed by atoms with Crippen molar-refractivity contribution in [2.45, 2.75) is 19.5 Å². The first-order chi connectivity index (χ1) is 15.0. The van der Waals surface area contributed by atoms with Gasteiger partial charge in [0.2, 0.25) is 5.91 Å². The Labute approximate surface area is 185 Å². The number of amides is 1. The molecule has 0 saturated carbocycles. The van der Waals surface area contributed by atoms with Gasteiger partial charge in [0, 0.05) is 17.3 Å². The van der Waals surface area contributed by atoms with Crippen molar-refractivity contribution in [3.63, 3.8) is 0 Å². The average molecular weight is 465 g/mol. The summed E-state index contributed by atoms with van der Waals surface area (Å²) in [5.74, 6) is -0.472. The van der Waals surface area contributed by atoms with Gasteiger partial charge in [-0.1, -0.05) is 29.3 Å². The van der Waals surface area contributed by atoms with Crippen molar-refractivity contribution in [1.29, 1.82) is 0 Å². The van der Waals surface area contributed by atoms with Crippen LogP contribution in [0.2, 0.25) is 5.02 Å². The third kappa shape index (κ3) is 5.76. The molecule has 3 aromatic carbocycles. The Kier molecular flexibility index (Phi) is 6.69. The molecular formula is C22H16ClF3N2O4. The summed E-state index contributed by atoms with van der Waals surface area (Å²) in [6.07, 6.45) is -4.88. The van der Waals surface area contributed by atoms with Gasteiger partial charge in [-0.3, -0.25) is 14.9 Å². The van der Waals surface area contributed by atoms with Gasteiger partial charge in [0.15, 0.2) is 0 Å². The van der Waals surface area contributed by atoms with Crippen LogP contribution in [0.1, 0.15) is 16.7 Å². The van der Waals surface area contributed by atoms with Crippen molar-refractivity contribution in [3.05, 3.63) is 92.5 Å². The first-order valence-electron chi connectivity index (χ1n) is 9.21. The molecule has 1 amide bonds. The van der Waals surface area contributed by atoms with Gasteiger partial charge >= 0.3 is 6.18 Å². The van der Waals surface area contributed by atoms with Crippen molar-refractivity contribution in [3.8, 4) is 11.5 Å². The summed E-state index contributed by atoms with van der Waals surface area (Å²) in [6, 6.07) is 13.3. The van der Waals surface area contributed by atoms with Crippen LogP contribution in [0.4, 0.5) is 24.5 Å². The second-order valence-corrected chi connectivity index (χ2v) is 7.29. The number of rotatable bonds is 6. The van der Waals surface area contributed by atoms with Crippen LogP contribution in [0.15, 0.2) is 60.7 Å². The Morgan fingerprint density at radius 2 is 1.78 bits per heavy atom. The molecule has 10 heteroatoms.